The molecule has 0 saturated carbocycles. The van der Waals surface area contributed by atoms with Gasteiger partial charge in [-0.1, -0.05) is 28.1 Å². The normalized spacial score (nSPS) is 11.4. The van der Waals surface area contributed by atoms with Gasteiger partial charge in [-0.2, -0.15) is 0 Å². The molecule has 2 N–H and O–H groups in total. The van der Waals surface area contributed by atoms with E-state index in [9.17, 15) is 8.42 Å². The molecule has 2 aromatic carbocycles. The van der Waals surface area contributed by atoms with Crippen LogP contribution in [0.5, 0.6) is 0 Å². The first-order valence-corrected chi connectivity index (χ1v) is 9.09. The minimum absolute atomic E-state index is 0.0911. The Hall–Kier alpha value is -0.890. The Bertz CT molecular complexity index is 776. The molecular formula is C14H13Br2NO3S. The summed E-state index contributed by atoms with van der Waals surface area (Å²) in [7, 11) is -3.74. The van der Waals surface area contributed by atoms with Gasteiger partial charge in [-0.25, -0.2) is 8.42 Å². The summed E-state index contributed by atoms with van der Waals surface area (Å²) in [4.78, 5) is 0.0911. The van der Waals surface area contributed by atoms with Crippen LogP contribution < -0.4 is 4.72 Å². The third-order valence-corrected chi connectivity index (χ3v) is 6.20. The van der Waals surface area contributed by atoms with Gasteiger partial charge in [0.2, 0.25) is 0 Å². The Morgan fingerprint density at radius 3 is 2.52 bits per heavy atom. The fourth-order valence-electron chi connectivity index (χ4n) is 1.77. The molecule has 0 aliphatic carbocycles. The molecule has 0 unspecified atom stereocenters. The van der Waals surface area contributed by atoms with Crippen LogP contribution >= 0.6 is 31.9 Å². The summed E-state index contributed by atoms with van der Waals surface area (Å²) in [5, 5.41) is 9.15. The van der Waals surface area contributed by atoms with E-state index in [2.05, 4.69) is 36.6 Å². The monoisotopic (exact) mass is 433 g/mol. The lowest BCUT2D eigenvalue weighted by Gasteiger charge is -2.13. The van der Waals surface area contributed by atoms with Crippen molar-refractivity contribution in [1.82, 2.24) is 0 Å². The van der Waals surface area contributed by atoms with Gasteiger partial charge in [-0.15, -0.1) is 0 Å². The zero-order chi connectivity index (χ0) is 15.6. The molecule has 0 aliphatic heterocycles. The summed E-state index contributed by atoms with van der Waals surface area (Å²) >= 11 is 6.60. The Labute approximate surface area is 140 Å². The molecule has 7 heteroatoms. The van der Waals surface area contributed by atoms with Crippen LogP contribution in [-0.2, 0) is 16.6 Å². The molecule has 112 valence electrons. The van der Waals surface area contributed by atoms with Crippen LogP contribution in [0.3, 0.4) is 0 Å². The number of benzene rings is 2. The first-order valence-electron chi connectivity index (χ1n) is 6.02. The lowest BCUT2D eigenvalue weighted by molar-refractivity contribution is 0.281. The SMILES string of the molecule is Cc1c(Br)cccc1NS(=O)(=O)c1cc(CO)ccc1Br. The van der Waals surface area contributed by atoms with E-state index in [1.165, 1.54) is 6.07 Å². The number of sulfonamides is 1. The van der Waals surface area contributed by atoms with Gasteiger partial charge >= 0.3 is 0 Å². The van der Waals surface area contributed by atoms with Gasteiger partial charge < -0.3 is 5.11 Å². The second-order valence-electron chi connectivity index (χ2n) is 4.44. The van der Waals surface area contributed by atoms with Crippen molar-refractivity contribution in [3.8, 4) is 0 Å². The first kappa shape index (κ1) is 16.5. The molecule has 21 heavy (non-hydrogen) atoms. The average Bonchev–Trinajstić information content (AvgIpc) is 2.44. The number of aliphatic hydroxyl groups is 1. The maximum absolute atomic E-state index is 12.5. The van der Waals surface area contributed by atoms with Crippen molar-refractivity contribution in [1.29, 1.82) is 0 Å². The molecule has 0 amide bonds. The second kappa shape index (κ2) is 6.48. The van der Waals surface area contributed by atoms with Gasteiger partial charge in [0.05, 0.1) is 12.3 Å². The number of aliphatic hydroxyl groups excluding tert-OH is 1. The van der Waals surface area contributed by atoms with E-state index in [1.807, 2.05) is 13.0 Å². The lowest BCUT2D eigenvalue weighted by Crippen LogP contribution is -2.14. The van der Waals surface area contributed by atoms with E-state index in [1.54, 1.807) is 24.3 Å². The molecule has 4 nitrogen and oxygen atoms in total. The number of rotatable bonds is 4. The summed E-state index contributed by atoms with van der Waals surface area (Å²) in [6, 6.07) is 10.0. The first-order chi connectivity index (χ1) is 9.85. The molecule has 0 saturated heterocycles. The minimum atomic E-state index is -3.74. The minimum Gasteiger partial charge on any atom is -0.392 e. The Kier molecular flexibility index (Phi) is 5.08. The van der Waals surface area contributed by atoms with Crippen molar-refractivity contribution < 1.29 is 13.5 Å². The van der Waals surface area contributed by atoms with E-state index in [0.29, 0.717) is 15.7 Å². The van der Waals surface area contributed by atoms with E-state index in [0.717, 1.165) is 10.0 Å². The van der Waals surface area contributed by atoms with E-state index < -0.39 is 10.0 Å². The number of nitrogens with one attached hydrogen (secondary N) is 1. The number of halogens is 2. The number of hydrogen-bond acceptors (Lipinski definition) is 3. The fraction of sp³-hybridized carbons (Fsp3) is 0.143. The van der Waals surface area contributed by atoms with E-state index in [-0.39, 0.29) is 11.5 Å². The smallest absolute Gasteiger partial charge is 0.263 e. The van der Waals surface area contributed by atoms with Crippen molar-refractivity contribution >= 4 is 47.6 Å². The highest BCUT2D eigenvalue weighted by atomic mass is 79.9. The predicted molar refractivity (Wildman–Crippen MR) is 89.8 cm³/mol. The summed E-state index contributed by atoms with van der Waals surface area (Å²) in [5.74, 6) is 0. The van der Waals surface area contributed by atoms with Gasteiger partial charge in [-0.3, -0.25) is 4.72 Å². The van der Waals surface area contributed by atoms with Gasteiger partial charge in [0.1, 0.15) is 4.90 Å². The summed E-state index contributed by atoms with van der Waals surface area (Å²) in [5.41, 5.74) is 1.84. The van der Waals surface area contributed by atoms with Gasteiger partial charge in [-0.05, 0) is 58.2 Å². The molecule has 0 aromatic heterocycles. The maximum atomic E-state index is 12.5. The Morgan fingerprint density at radius 1 is 1.14 bits per heavy atom. The Balaban J connectivity index is 2.46. The Morgan fingerprint density at radius 2 is 1.86 bits per heavy atom. The number of anilines is 1. The zero-order valence-electron chi connectivity index (χ0n) is 11.1. The molecule has 0 atom stereocenters. The molecule has 2 aromatic rings. The largest absolute Gasteiger partial charge is 0.392 e. The zero-order valence-corrected chi connectivity index (χ0v) is 15.1. The van der Waals surface area contributed by atoms with Crippen LogP contribution in [-0.4, -0.2) is 13.5 Å². The average molecular weight is 435 g/mol. The van der Waals surface area contributed by atoms with Crippen LogP contribution in [0.4, 0.5) is 5.69 Å². The quantitative estimate of drug-likeness (QED) is 0.768. The molecule has 0 aliphatic rings. The van der Waals surface area contributed by atoms with Crippen molar-refractivity contribution in [2.24, 2.45) is 0 Å². The van der Waals surface area contributed by atoms with Crippen molar-refractivity contribution in [3.63, 3.8) is 0 Å². The van der Waals surface area contributed by atoms with Gasteiger partial charge in [0.25, 0.3) is 10.0 Å². The highest BCUT2D eigenvalue weighted by Gasteiger charge is 2.19. The third-order valence-electron chi connectivity index (χ3n) is 2.98. The molecule has 0 heterocycles. The second-order valence-corrected chi connectivity index (χ2v) is 7.80. The van der Waals surface area contributed by atoms with E-state index >= 15 is 0 Å². The van der Waals surface area contributed by atoms with Crippen LogP contribution in [0.1, 0.15) is 11.1 Å². The van der Waals surface area contributed by atoms with E-state index in [4.69, 9.17) is 5.11 Å². The molecule has 2 rings (SSSR count). The summed E-state index contributed by atoms with van der Waals surface area (Å²) in [6.45, 7) is 1.60. The fourth-order valence-corrected chi connectivity index (χ4v) is 4.27. The number of hydrogen-bond donors (Lipinski definition) is 2. The van der Waals surface area contributed by atoms with Crippen LogP contribution in [0.25, 0.3) is 0 Å². The van der Waals surface area contributed by atoms with Crippen molar-refractivity contribution in [2.45, 2.75) is 18.4 Å². The highest BCUT2D eigenvalue weighted by molar-refractivity contribution is 9.10. The molecule has 0 fully saturated rings. The van der Waals surface area contributed by atoms with Crippen LogP contribution in [0, 0.1) is 6.92 Å². The van der Waals surface area contributed by atoms with Crippen molar-refractivity contribution in [2.75, 3.05) is 4.72 Å². The summed E-state index contributed by atoms with van der Waals surface area (Å²) in [6.07, 6.45) is 0. The molecule has 0 spiro atoms. The van der Waals surface area contributed by atoms with Crippen LogP contribution in [0.15, 0.2) is 50.2 Å². The standard InChI is InChI=1S/C14H13Br2NO3S/c1-9-11(15)3-2-4-13(9)17-21(19,20)14-7-10(8-18)5-6-12(14)16/h2-7,17-18H,8H2,1H3. The topological polar surface area (TPSA) is 66.4 Å². The molecular weight excluding hydrogens is 422 g/mol. The lowest BCUT2D eigenvalue weighted by atomic mass is 10.2. The van der Waals surface area contributed by atoms with Crippen LogP contribution in [0.2, 0.25) is 0 Å². The summed E-state index contributed by atoms with van der Waals surface area (Å²) < 4.78 is 28.9. The third kappa shape index (κ3) is 3.66. The maximum Gasteiger partial charge on any atom is 0.263 e. The van der Waals surface area contributed by atoms with Crippen molar-refractivity contribution in [3.05, 3.63) is 56.5 Å². The van der Waals surface area contributed by atoms with Gasteiger partial charge in [0, 0.05) is 8.95 Å². The molecule has 0 bridgehead atoms. The molecule has 0 radical (unpaired) electrons. The predicted octanol–water partition coefficient (Wildman–Crippen LogP) is 3.81. The van der Waals surface area contributed by atoms with Gasteiger partial charge in [0.15, 0.2) is 0 Å². The highest BCUT2D eigenvalue weighted by Crippen LogP contribution is 2.29.